The molecule has 2 spiro atoms. The minimum Gasteiger partial charge on any atom is -0.310 e. The lowest BCUT2D eigenvalue weighted by Crippen LogP contribution is -2.73. The fourth-order valence-electron chi connectivity index (χ4n) is 13.4. The molecule has 1 heteroatoms. The van der Waals surface area contributed by atoms with Crippen molar-refractivity contribution < 1.29 is 0 Å². The molecule has 2 bridgehead atoms. The van der Waals surface area contributed by atoms with Gasteiger partial charge in [0.1, 0.15) is 0 Å². The van der Waals surface area contributed by atoms with Crippen molar-refractivity contribution in [1.29, 1.82) is 0 Å². The molecule has 246 valence electrons. The van der Waals surface area contributed by atoms with Crippen LogP contribution in [0.2, 0.25) is 0 Å². The molecule has 7 aliphatic rings. The predicted molar refractivity (Wildman–Crippen MR) is 204 cm³/mol. The lowest BCUT2D eigenvalue weighted by Gasteiger charge is -2.76. The van der Waals surface area contributed by atoms with Gasteiger partial charge in [0.2, 0.25) is 0 Å². The van der Waals surface area contributed by atoms with Crippen LogP contribution in [0.25, 0.3) is 16.7 Å². The summed E-state index contributed by atoms with van der Waals surface area (Å²) in [5, 5.41) is 0. The molecule has 0 amide bonds. The van der Waals surface area contributed by atoms with E-state index in [0.29, 0.717) is 5.41 Å². The van der Waals surface area contributed by atoms with Gasteiger partial charge >= 0.3 is 0 Å². The summed E-state index contributed by atoms with van der Waals surface area (Å²) in [5.74, 6) is 3.53. The normalized spacial score (nSPS) is 32.8. The van der Waals surface area contributed by atoms with Crippen molar-refractivity contribution in [3.8, 4) is 11.1 Å². The predicted octanol–water partition coefficient (Wildman–Crippen LogP) is 12.6. The Balaban J connectivity index is 1.13. The van der Waals surface area contributed by atoms with Gasteiger partial charge < -0.3 is 4.90 Å². The number of fused-ring (bicyclic) bond motifs is 9. The molecule has 6 unspecified atom stereocenters. The molecule has 49 heavy (non-hydrogen) atoms. The van der Waals surface area contributed by atoms with Crippen LogP contribution in [0.4, 0.5) is 17.1 Å². The first-order valence-corrected chi connectivity index (χ1v) is 19.4. The van der Waals surface area contributed by atoms with Crippen molar-refractivity contribution in [2.24, 2.45) is 29.1 Å². The summed E-state index contributed by atoms with van der Waals surface area (Å²) in [6.07, 6.45) is 17.6. The Morgan fingerprint density at radius 2 is 1.39 bits per heavy atom. The van der Waals surface area contributed by atoms with E-state index in [1.807, 2.05) is 0 Å². The maximum absolute atomic E-state index is 2.68. The second-order valence-electron chi connectivity index (χ2n) is 18.3. The number of nitrogens with zero attached hydrogens (tertiary/aromatic N) is 1. The molecule has 4 saturated carbocycles. The van der Waals surface area contributed by atoms with Gasteiger partial charge in [0.25, 0.3) is 0 Å². The van der Waals surface area contributed by atoms with Gasteiger partial charge in [0.05, 0.1) is 0 Å². The minimum absolute atomic E-state index is 0.162. The summed E-state index contributed by atoms with van der Waals surface area (Å²) in [6.45, 7) is 9.79. The van der Waals surface area contributed by atoms with Gasteiger partial charge in [-0.05, 0) is 172 Å². The monoisotopic (exact) mass is 639 g/mol. The summed E-state index contributed by atoms with van der Waals surface area (Å²) in [7, 11) is 0. The molecule has 0 aliphatic heterocycles. The number of allylic oxidation sites excluding steroid dienone is 4. The highest BCUT2D eigenvalue weighted by molar-refractivity contribution is 5.94. The molecule has 6 atom stereocenters. The van der Waals surface area contributed by atoms with Crippen LogP contribution in [-0.4, -0.2) is 0 Å². The summed E-state index contributed by atoms with van der Waals surface area (Å²) in [5.41, 5.74) is 17.5. The number of rotatable bonds is 4. The topological polar surface area (TPSA) is 3.24 Å². The third-order valence-corrected chi connectivity index (χ3v) is 15.5. The van der Waals surface area contributed by atoms with Crippen LogP contribution in [-0.2, 0) is 16.2 Å². The largest absolute Gasteiger partial charge is 0.310 e. The third-order valence-electron chi connectivity index (χ3n) is 15.5. The highest BCUT2D eigenvalue weighted by Gasteiger charge is 2.84. The Labute approximate surface area is 293 Å². The Hall–Kier alpha value is -3.84. The summed E-state index contributed by atoms with van der Waals surface area (Å²) >= 11 is 0. The van der Waals surface area contributed by atoms with Crippen molar-refractivity contribution in [3.05, 3.63) is 131 Å². The van der Waals surface area contributed by atoms with Crippen LogP contribution in [0.15, 0.2) is 103 Å². The van der Waals surface area contributed by atoms with Crippen LogP contribution < -0.4 is 4.90 Å². The summed E-state index contributed by atoms with van der Waals surface area (Å²) in [6, 6.07) is 33.7. The molecule has 0 aromatic heterocycles. The van der Waals surface area contributed by atoms with Gasteiger partial charge in [0.15, 0.2) is 0 Å². The number of hydrogen-bond donors (Lipinski definition) is 0. The molecule has 0 saturated heterocycles. The smallest absolute Gasteiger partial charge is 0.0465 e. The standard InChI is InChI=1S/C48H49N/c1-45(2)22-23-46(3,4)41-28-35(19-21-38(41)45)49(33-14-9-6-10-15-33)34-18-20-37-40(27-34)48(42-25-30-24-32-26-43(48)47(32,42)29-30)39-17-11-16-36(44(37)39)31-12-7-5-8-13-31/h5-7,9-12,14-21,27-28,30,32,42-43H,8,13,22-26,29H2,1-4H3. The Morgan fingerprint density at radius 3 is 2.16 bits per heavy atom. The van der Waals surface area contributed by atoms with E-state index < -0.39 is 0 Å². The van der Waals surface area contributed by atoms with E-state index in [-0.39, 0.29) is 16.2 Å². The highest BCUT2D eigenvalue weighted by atomic mass is 15.1. The van der Waals surface area contributed by atoms with E-state index in [1.165, 1.54) is 83.4 Å². The van der Waals surface area contributed by atoms with E-state index >= 15 is 0 Å². The first kappa shape index (κ1) is 28.9. The number of para-hydroxylation sites is 1. The van der Waals surface area contributed by atoms with E-state index in [2.05, 4.69) is 136 Å². The molecular weight excluding hydrogens is 591 g/mol. The van der Waals surface area contributed by atoms with Crippen LogP contribution >= 0.6 is 0 Å². The Morgan fingerprint density at radius 1 is 0.633 bits per heavy atom. The quantitative estimate of drug-likeness (QED) is 0.215. The average molecular weight is 640 g/mol. The molecule has 11 rings (SSSR count). The van der Waals surface area contributed by atoms with Gasteiger partial charge in [0, 0.05) is 22.5 Å². The number of anilines is 3. The van der Waals surface area contributed by atoms with Crippen LogP contribution in [0.3, 0.4) is 0 Å². The van der Waals surface area contributed by atoms with Gasteiger partial charge in [-0.1, -0.05) is 94.5 Å². The molecule has 0 heterocycles. The fraction of sp³-hybridized carbons (Fsp3) is 0.417. The van der Waals surface area contributed by atoms with E-state index in [4.69, 9.17) is 0 Å². The van der Waals surface area contributed by atoms with Gasteiger partial charge in [-0.25, -0.2) is 0 Å². The fourth-order valence-corrected chi connectivity index (χ4v) is 13.4. The molecule has 4 fully saturated rings. The van der Waals surface area contributed by atoms with Crippen LogP contribution in [0.1, 0.15) is 107 Å². The molecule has 4 aromatic carbocycles. The third kappa shape index (κ3) is 3.48. The van der Waals surface area contributed by atoms with Gasteiger partial charge in [-0.3, -0.25) is 0 Å². The lowest BCUT2D eigenvalue weighted by molar-refractivity contribution is -0.231. The molecule has 1 nitrogen and oxygen atoms in total. The highest BCUT2D eigenvalue weighted by Crippen LogP contribution is 2.89. The SMILES string of the molecule is CC1(C)CCC(C)(C)c2cc(N(c3ccccc3)c3ccc4c(c3)C3(c5cccc(C6=CC=CCC6)c5-4)C4CC5CC6CC3C64C5)ccc21. The maximum atomic E-state index is 2.68. The van der Waals surface area contributed by atoms with Crippen LogP contribution in [0.5, 0.6) is 0 Å². The first-order chi connectivity index (χ1) is 23.7. The molecular formula is C48H49N. The second-order valence-corrected chi connectivity index (χ2v) is 18.3. The zero-order chi connectivity index (χ0) is 32.9. The van der Waals surface area contributed by atoms with Crippen molar-refractivity contribution in [3.63, 3.8) is 0 Å². The molecule has 7 aliphatic carbocycles. The van der Waals surface area contributed by atoms with Crippen molar-refractivity contribution in [2.75, 3.05) is 4.90 Å². The van der Waals surface area contributed by atoms with Gasteiger partial charge in [-0.15, -0.1) is 0 Å². The van der Waals surface area contributed by atoms with Crippen molar-refractivity contribution in [1.82, 2.24) is 0 Å². The zero-order valence-corrected chi connectivity index (χ0v) is 29.7. The Bertz CT molecular complexity index is 2130. The molecule has 0 N–H and O–H groups in total. The van der Waals surface area contributed by atoms with E-state index in [9.17, 15) is 0 Å². The van der Waals surface area contributed by atoms with E-state index in [1.54, 1.807) is 16.7 Å². The lowest BCUT2D eigenvalue weighted by atomic mass is 9.27. The number of benzene rings is 4. The average Bonchev–Trinajstić information content (AvgIpc) is 3.75. The van der Waals surface area contributed by atoms with E-state index in [0.717, 1.165) is 36.5 Å². The number of hydrogen-bond acceptors (Lipinski definition) is 1. The minimum atomic E-state index is 0.162. The summed E-state index contributed by atoms with van der Waals surface area (Å²) in [4.78, 5) is 2.57. The maximum Gasteiger partial charge on any atom is 0.0465 e. The summed E-state index contributed by atoms with van der Waals surface area (Å²) < 4.78 is 0. The zero-order valence-electron chi connectivity index (χ0n) is 29.7. The van der Waals surface area contributed by atoms with Crippen molar-refractivity contribution >= 4 is 22.6 Å². The Kier molecular flexibility index (Phi) is 5.60. The van der Waals surface area contributed by atoms with Crippen LogP contribution in [0, 0.1) is 29.1 Å². The van der Waals surface area contributed by atoms with Gasteiger partial charge in [-0.2, -0.15) is 0 Å². The second kappa shape index (κ2) is 9.48. The molecule has 0 radical (unpaired) electrons. The van der Waals surface area contributed by atoms with Crippen molar-refractivity contribution in [2.45, 2.75) is 95.3 Å². The first-order valence-electron chi connectivity index (χ1n) is 19.4. The molecule has 4 aromatic rings.